The van der Waals surface area contributed by atoms with Crippen LogP contribution in [0.3, 0.4) is 0 Å². The summed E-state index contributed by atoms with van der Waals surface area (Å²) in [6, 6.07) is 7.29. The van der Waals surface area contributed by atoms with Gasteiger partial charge in [-0.2, -0.15) is 0 Å². The maximum Gasteiger partial charge on any atom is 0.252 e. The molecule has 1 heterocycles. The average molecular weight is 380 g/mol. The van der Waals surface area contributed by atoms with Crippen LogP contribution in [0.2, 0.25) is 0 Å². The number of nitrogens with zero attached hydrogens (tertiary/aromatic N) is 1. The lowest BCUT2D eigenvalue weighted by molar-refractivity contribution is -0.0826. The monoisotopic (exact) mass is 378 g/mol. The van der Waals surface area contributed by atoms with Gasteiger partial charge < -0.3 is 10.1 Å². The number of benzene rings is 1. The molecular weight excluding hydrogens is 359 g/mol. The fourth-order valence-corrected chi connectivity index (χ4v) is 3.38. The highest BCUT2D eigenvalue weighted by molar-refractivity contribution is 6.68. The highest BCUT2D eigenvalue weighted by Gasteiger charge is 2.41. The van der Waals surface area contributed by atoms with Crippen LogP contribution in [-0.4, -0.2) is 46.1 Å². The summed E-state index contributed by atoms with van der Waals surface area (Å²) in [7, 11) is 0. The molecule has 1 N–H and O–H groups in total. The van der Waals surface area contributed by atoms with E-state index in [1.807, 2.05) is 37.8 Å². The second-order valence-electron chi connectivity index (χ2n) is 6.00. The Labute approximate surface area is 152 Å². The second-order valence-corrected chi connectivity index (χ2v) is 8.37. The zero-order valence-electron chi connectivity index (χ0n) is 13.4. The van der Waals surface area contributed by atoms with Crippen molar-refractivity contribution in [2.75, 3.05) is 13.1 Å². The van der Waals surface area contributed by atoms with Crippen molar-refractivity contribution in [2.24, 2.45) is 0 Å². The van der Waals surface area contributed by atoms with E-state index >= 15 is 0 Å². The lowest BCUT2D eigenvalue weighted by Gasteiger charge is -2.42. The topological polar surface area (TPSA) is 41.6 Å². The van der Waals surface area contributed by atoms with E-state index in [1.54, 1.807) is 12.1 Å². The smallest absolute Gasteiger partial charge is 0.252 e. The molecule has 0 bridgehead atoms. The number of aryl methyl sites for hydroxylation is 1. The fraction of sp³-hybridized carbons (Fsp3) is 0.562. The number of hydrogen-bond donors (Lipinski definition) is 1. The maximum atomic E-state index is 12.5. The summed E-state index contributed by atoms with van der Waals surface area (Å²) in [5.41, 5.74) is 1.54. The van der Waals surface area contributed by atoms with Crippen LogP contribution in [0.15, 0.2) is 24.3 Å². The van der Waals surface area contributed by atoms with Crippen molar-refractivity contribution in [1.82, 2.24) is 10.2 Å². The van der Waals surface area contributed by atoms with Crippen molar-refractivity contribution in [2.45, 2.75) is 42.9 Å². The highest BCUT2D eigenvalue weighted by atomic mass is 35.6. The number of halogens is 3. The van der Waals surface area contributed by atoms with E-state index < -0.39 is 9.96 Å². The molecule has 2 rings (SSSR count). The van der Waals surface area contributed by atoms with Gasteiger partial charge >= 0.3 is 0 Å². The van der Waals surface area contributed by atoms with E-state index in [1.165, 1.54) is 0 Å². The number of alkyl halides is 3. The second kappa shape index (κ2) is 7.58. The molecule has 1 amide bonds. The number of rotatable bonds is 3. The van der Waals surface area contributed by atoms with Crippen LogP contribution in [0, 0.1) is 6.92 Å². The highest BCUT2D eigenvalue weighted by Crippen LogP contribution is 2.33. The number of ether oxygens (including phenoxy) is 1. The molecule has 1 aliphatic rings. The van der Waals surface area contributed by atoms with E-state index in [4.69, 9.17) is 39.5 Å². The van der Waals surface area contributed by atoms with Crippen molar-refractivity contribution in [1.29, 1.82) is 0 Å². The van der Waals surface area contributed by atoms with E-state index in [2.05, 4.69) is 5.32 Å². The molecule has 1 aromatic rings. The summed E-state index contributed by atoms with van der Waals surface area (Å²) >= 11 is 18.4. The molecule has 1 aromatic carbocycles. The summed E-state index contributed by atoms with van der Waals surface area (Å²) in [5, 5.41) is 2.85. The van der Waals surface area contributed by atoms with Gasteiger partial charge in [0.1, 0.15) is 6.17 Å². The summed E-state index contributed by atoms with van der Waals surface area (Å²) < 4.78 is 4.06. The van der Waals surface area contributed by atoms with Crippen LogP contribution in [0.4, 0.5) is 0 Å². The molecule has 0 spiro atoms. The number of amides is 1. The van der Waals surface area contributed by atoms with Crippen LogP contribution < -0.4 is 5.32 Å². The Bertz CT molecular complexity index is 553. The first-order valence-corrected chi connectivity index (χ1v) is 8.64. The van der Waals surface area contributed by atoms with E-state index in [-0.39, 0.29) is 18.1 Å². The first kappa shape index (κ1) is 18.8. The number of nitrogens with one attached hydrogen (secondary N) is 1. The molecule has 128 valence electrons. The van der Waals surface area contributed by atoms with Gasteiger partial charge in [-0.1, -0.05) is 52.5 Å². The Morgan fingerprint density at radius 1 is 1.30 bits per heavy atom. The van der Waals surface area contributed by atoms with Crippen molar-refractivity contribution in [3.8, 4) is 0 Å². The van der Waals surface area contributed by atoms with E-state index in [0.717, 1.165) is 5.56 Å². The molecule has 0 aromatic heterocycles. The molecule has 0 radical (unpaired) electrons. The molecule has 0 saturated carbocycles. The van der Waals surface area contributed by atoms with Crippen LogP contribution in [0.5, 0.6) is 0 Å². The molecule has 4 nitrogen and oxygen atoms in total. The summed E-state index contributed by atoms with van der Waals surface area (Å²) in [6.07, 6.45) is -0.719. The first-order chi connectivity index (χ1) is 10.7. The molecule has 3 atom stereocenters. The van der Waals surface area contributed by atoms with Gasteiger partial charge in [0.05, 0.1) is 12.2 Å². The van der Waals surface area contributed by atoms with Crippen LogP contribution >= 0.6 is 34.8 Å². The van der Waals surface area contributed by atoms with Gasteiger partial charge in [0, 0.05) is 18.7 Å². The van der Waals surface area contributed by atoms with Gasteiger partial charge in [-0.25, -0.2) is 0 Å². The minimum atomic E-state index is -1.64. The lowest BCUT2D eigenvalue weighted by Crippen LogP contribution is -2.60. The van der Waals surface area contributed by atoms with Crippen molar-refractivity contribution in [3.05, 3.63) is 35.4 Å². The van der Waals surface area contributed by atoms with Gasteiger partial charge in [-0.05, 0) is 32.9 Å². The SMILES string of the molecule is Cc1cccc(C(=O)N[C@@H](N2C[C@@H](C)O[C@H](C)C2)C(Cl)(Cl)Cl)c1. The Kier molecular flexibility index (Phi) is 6.20. The van der Waals surface area contributed by atoms with Crippen molar-refractivity contribution < 1.29 is 9.53 Å². The molecule has 1 aliphatic heterocycles. The van der Waals surface area contributed by atoms with Gasteiger partial charge in [-0.3, -0.25) is 9.69 Å². The number of hydrogen-bond acceptors (Lipinski definition) is 3. The normalized spacial score (nSPS) is 24.3. The van der Waals surface area contributed by atoms with Crippen LogP contribution in [0.25, 0.3) is 0 Å². The predicted octanol–water partition coefficient (Wildman–Crippen LogP) is 3.53. The summed E-state index contributed by atoms with van der Waals surface area (Å²) in [6.45, 7) is 7.00. The molecule has 23 heavy (non-hydrogen) atoms. The minimum Gasteiger partial charge on any atom is -0.373 e. The first-order valence-electron chi connectivity index (χ1n) is 7.50. The molecule has 1 saturated heterocycles. The summed E-state index contributed by atoms with van der Waals surface area (Å²) in [4.78, 5) is 14.5. The summed E-state index contributed by atoms with van der Waals surface area (Å²) in [5.74, 6) is -0.267. The molecule has 7 heteroatoms. The number of carbonyl (C=O) groups is 1. The van der Waals surface area contributed by atoms with Crippen molar-refractivity contribution >= 4 is 40.7 Å². The maximum absolute atomic E-state index is 12.5. The lowest BCUT2D eigenvalue weighted by atomic mass is 10.1. The van der Waals surface area contributed by atoms with Crippen LogP contribution in [-0.2, 0) is 4.74 Å². The zero-order chi connectivity index (χ0) is 17.2. The average Bonchev–Trinajstić information content (AvgIpc) is 2.42. The van der Waals surface area contributed by atoms with E-state index in [0.29, 0.717) is 18.7 Å². The Morgan fingerprint density at radius 2 is 1.91 bits per heavy atom. The van der Waals surface area contributed by atoms with E-state index in [9.17, 15) is 4.79 Å². The predicted molar refractivity (Wildman–Crippen MR) is 94.3 cm³/mol. The van der Waals surface area contributed by atoms with Gasteiger partial charge in [0.2, 0.25) is 3.79 Å². The third-order valence-corrected chi connectivity index (χ3v) is 4.29. The minimum absolute atomic E-state index is 0.00414. The largest absolute Gasteiger partial charge is 0.373 e. The molecular formula is C16H21Cl3N2O2. The van der Waals surface area contributed by atoms with Gasteiger partial charge in [0.25, 0.3) is 5.91 Å². The fourth-order valence-electron chi connectivity index (χ4n) is 2.80. The zero-order valence-corrected chi connectivity index (χ0v) is 15.6. The third kappa shape index (κ3) is 5.23. The van der Waals surface area contributed by atoms with Crippen molar-refractivity contribution in [3.63, 3.8) is 0 Å². The van der Waals surface area contributed by atoms with Gasteiger partial charge in [-0.15, -0.1) is 0 Å². The Morgan fingerprint density at radius 3 is 2.43 bits per heavy atom. The molecule has 0 unspecified atom stereocenters. The molecule has 0 aliphatic carbocycles. The van der Waals surface area contributed by atoms with Crippen LogP contribution in [0.1, 0.15) is 29.8 Å². The standard InChI is InChI=1S/C16H21Cl3N2O2/c1-10-5-4-6-13(7-10)14(22)20-15(16(17,18)19)21-8-11(2)23-12(3)9-21/h4-7,11-12,15H,8-9H2,1-3H3,(H,20,22)/t11-,12-,15+/m1/s1. The Balaban J connectivity index is 2.17. The number of carbonyl (C=O) groups excluding carboxylic acids is 1. The number of morpholine rings is 1. The Hall–Kier alpha value is -0.520. The molecule has 1 fully saturated rings. The third-order valence-electron chi connectivity index (χ3n) is 3.67. The quantitative estimate of drug-likeness (QED) is 0.817. The van der Waals surface area contributed by atoms with Gasteiger partial charge in [0.15, 0.2) is 0 Å².